The Balaban J connectivity index is 0. The first-order valence-corrected chi connectivity index (χ1v) is 5.10. The van der Waals surface area contributed by atoms with Crippen molar-refractivity contribution in [2.75, 3.05) is 5.33 Å². The molecule has 0 N–H and O–H groups in total. The van der Waals surface area contributed by atoms with Crippen LogP contribution in [0.15, 0.2) is 0 Å². The first-order valence-electron chi connectivity index (χ1n) is 3.97. The van der Waals surface area contributed by atoms with E-state index in [-0.39, 0.29) is 29.6 Å². The molecule has 0 nitrogen and oxygen atoms in total. The van der Waals surface area contributed by atoms with E-state index in [0.29, 0.717) is 0 Å². The second-order valence-electron chi connectivity index (χ2n) is 2.46. The molecule has 0 fully saturated rings. The van der Waals surface area contributed by atoms with Crippen molar-refractivity contribution in [1.82, 2.24) is 0 Å². The Morgan fingerprint density at radius 3 is 1.90 bits per heavy atom. The maximum absolute atomic E-state index is 3.42. The summed E-state index contributed by atoms with van der Waals surface area (Å²) >= 11 is 3.42. The molecule has 0 aromatic carbocycles. The molecule has 0 amide bonds. The standard InChI is InChI=1S/C8H17Br.Na/c1-2-3-4-5-6-7-8-9;/h2-8H2,1H3;. The van der Waals surface area contributed by atoms with Gasteiger partial charge in [0.2, 0.25) is 0 Å². The van der Waals surface area contributed by atoms with Gasteiger partial charge in [-0.2, -0.15) is 0 Å². The Labute approximate surface area is 95.6 Å². The summed E-state index contributed by atoms with van der Waals surface area (Å²) < 4.78 is 0. The fourth-order valence-electron chi connectivity index (χ4n) is 0.875. The molecular weight excluding hydrogens is 199 g/mol. The zero-order valence-corrected chi connectivity index (χ0v) is 10.9. The van der Waals surface area contributed by atoms with Crippen molar-refractivity contribution in [3.63, 3.8) is 0 Å². The molecule has 0 aromatic heterocycles. The topological polar surface area (TPSA) is 0 Å². The predicted octanol–water partition coefficient (Wildman–Crippen LogP) is 3.36. The Bertz CT molecular complexity index is 42.5. The first kappa shape index (κ1) is 14.0. The summed E-state index contributed by atoms with van der Waals surface area (Å²) in [4.78, 5) is 0. The van der Waals surface area contributed by atoms with Gasteiger partial charge in [-0.25, -0.2) is 0 Å². The Morgan fingerprint density at radius 2 is 1.40 bits per heavy atom. The summed E-state index contributed by atoms with van der Waals surface area (Å²) in [5.41, 5.74) is 0. The number of alkyl halides is 1. The second kappa shape index (κ2) is 13.1. The maximum atomic E-state index is 3.42. The van der Waals surface area contributed by atoms with Crippen LogP contribution in [0, 0.1) is 0 Å². The molecule has 0 atom stereocenters. The van der Waals surface area contributed by atoms with Gasteiger partial charge in [0.1, 0.15) is 0 Å². The van der Waals surface area contributed by atoms with Crippen molar-refractivity contribution < 1.29 is 0 Å². The summed E-state index contributed by atoms with van der Waals surface area (Å²) in [6.07, 6.45) is 8.40. The molecule has 0 aliphatic carbocycles. The molecule has 0 unspecified atom stereocenters. The molecule has 0 aromatic rings. The summed E-state index contributed by atoms with van der Waals surface area (Å²) in [6.45, 7) is 2.25. The number of hydrogen-bond donors (Lipinski definition) is 0. The largest absolute Gasteiger partial charge is 0.0928 e. The van der Waals surface area contributed by atoms with E-state index in [4.69, 9.17) is 0 Å². The molecule has 0 aliphatic heterocycles. The first-order chi connectivity index (χ1) is 4.41. The summed E-state index contributed by atoms with van der Waals surface area (Å²) in [6, 6.07) is 0. The fourth-order valence-corrected chi connectivity index (χ4v) is 1.27. The minimum Gasteiger partial charge on any atom is -0.0928 e. The fraction of sp³-hybridized carbons (Fsp3) is 1.00. The van der Waals surface area contributed by atoms with Crippen molar-refractivity contribution in [3.8, 4) is 0 Å². The molecule has 57 valence electrons. The van der Waals surface area contributed by atoms with Gasteiger partial charge in [-0.15, -0.1) is 0 Å². The van der Waals surface area contributed by atoms with Gasteiger partial charge in [0.15, 0.2) is 0 Å². The van der Waals surface area contributed by atoms with Gasteiger partial charge in [-0.1, -0.05) is 55.0 Å². The van der Waals surface area contributed by atoms with Gasteiger partial charge < -0.3 is 0 Å². The van der Waals surface area contributed by atoms with Crippen LogP contribution in [0.2, 0.25) is 0 Å². The van der Waals surface area contributed by atoms with Crippen LogP contribution in [0.3, 0.4) is 0 Å². The van der Waals surface area contributed by atoms with E-state index in [1.165, 1.54) is 43.9 Å². The maximum Gasteiger partial charge on any atom is 0.00313 e. The number of rotatable bonds is 6. The van der Waals surface area contributed by atoms with E-state index in [2.05, 4.69) is 22.9 Å². The van der Waals surface area contributed by atoms with Crippen molar-refractivity contribution in [2.24, 2.45) is 0 Å². The quantitative estimate of drug-likeness (QED) is 0.363. The molecule has 2 heteroatoms. The second-order valence-corrected chi connectivity index (χ2v) is 3.25. The average molecular weight is 216 g/mol. The third-order valence-electron chi connectivity index (χ3n) is 1.49. The molecule has 0 spiro atoms. The number of unbranched alkanes of at least 4 members (excludes halogenated alkanes) is 5. The molecule has 0 heterocycles. The zero-order chi connectivity index (χ0) is 6.95. The number of halogens is 1. The van der Waals surface area contributed by atoms with E-state index in [9.17, 15) is 0 Å². The molecular formula is C8H17BrNa. The summed E-state index contributed by atoms with van der Waals surface area (Å²) in [7, 11) is 0. The van der Waals surface area contributed by atoms with Crippen molar-refractivity contribution >= 4 is 45.5 Å². The third kappa shape index (κ3) is 12.2. The summed E-state index contributed by atoms with van der Waals surface area (Å²) in [5, 5.41) is 1.18. The molecule has 0 saturated carbocycles. The monoisotopic (exact) mass is 215 g/mol. The minimum atomic E-state index is 0. The van der Waals surface area contributed by atoms with E-state index in [0.717, 1.165) is 0 Å². The molecule has 10 heavy (non-hydrogen) atoms. The van der Waals surface area contributed by atoms with Crippen molar-refractivity contribution in [1.29, 1.82) is 0 Å². The van der Waals surface area contributed by atoms with Gasteiger partial charge in [-0.05, 0) is 6.42 Å². The zero-order valence-electron chi connectivity index (χ0n) is 7.33. The minimum absolute atomic E-state index is 0. The van der Waals surface area contributed by atoms with Gasteiger partial charge in [-0.3, -0.25) is 0 Å². The van der Waals surface area contributed by atoms with Gasteiger partial charge >= 0.3 is 0 Å². The van der Waals surface area contributed by atoms with E-state index >= 15 is 0 Å². The molecule has 0 saturated heterocycles. The van der Waals surface area contributed by atoms with Gasteiger partial charge in [0.05, 0.1) is 0 Å². The van der Waals surface area contributed by atoms with Gasteiger partial charge in [0.25, 0.3) is 0 Å². The van der Waals surface area contributed by atoms with Gasteiger partial charge in [0, 0.05) is 34.9 Å². The van der Waals surface area contributed by atoms with Crippen LogP contribution < -0.4 is 0 Å². The SMILES string of the molecule is CCCCCCCCBr.[Na]. The predicted molar refractivity (Wildman–Crippen MR) is 52.9 cm³/mol. The third-order valence-corrected chi connectivity index (χ3v) is 2.05. The Kier molecular flexibility index (Phi) is 18.4. The average Bonchev–Trinajstić information content (AvgIpc) is 1.89. The molecule has 1 radical (unpaired) electrons. The van der Waals surface area contributed by atoms with E-state index < -0.39 is 0 Å². The van der Waals surface area contributed by atoms with Crippen LogP contribution in [-0.2, 0) is 0 Å². The van der Waals surface area contributed by atoms with Crippen molar-refractivity contribution in [3.05, 3.63) is 0 Å². The molecule has 0 rings (SSSR count). The Morgan fingerprint density at radius 1 is 0.900 bits per heavy atom. The van der Waals surface area contributed by atoms with Crippen molar-refractivity contribution in [2.45, 2.75) is 45.4 Å². The number of hydrogen-bond acceptors (Lipinski definition) is 0. The molecule has 0 aliphatic rings. The van der Waals surface area contributed by atoms with Crippen LogP contribution >= 0.6 is 15.9 Å². The van der Waals surface area contributed by atoms with E-state index in [1.54, 1.807) is 0 Å². The Hall–Kier alpha value is 1.48. The van der Waals surface area contributed by atoms with Crippen LogP contribution in [0.5, 0.6) is 0 Å². The van der Waals surface area contributed by atoms with E-state index in [1.807, 2.05) is 0 Å². The normalized spacial score (nSPS) is 9.00. The summed E-state index contributed by atoms with van der Waals surface area (Å²) in [5.74, 6) is 0. The molecule has 0 bridgehead atoms. The van der Waals surface area contributed by atoms with Crippen LogP contribution in [0.25, 0.3) is 0 Å². The van der Waals surface area contributed by atoms with Crippen LogP contribution in [0.4, 0.5) is 0 Å². The van der Waals surface area contributed by atoms with Crippen LogP contribution in [0.1, 0.15) is 45.4 Å². The van der Waals surface area contributed by atoms with Crippen LogP contribution in [-0.4, -0.2) is 34.9 Å². The smallest absolute Gasteiger partial charge is 0.00313 e.